The first-order chi connectivity index (χ1) is 8.93. The Balaban J connectivity index is 2.88. The summed E-state index contributed by atoms with van der Waals surface area (Å²) in [5.74, 6) is -0.660. The summed E-state index contributed by atoms with van der Waals surface area (Å²) in [6, 6.07) is 4.55. The first kappa shape index (κ1) is 15.3. The third-order valence-corrected chi connectivity index (χ3v) is 3.32. The molecule has 0 radical (unpaired) electrons. The molecule has 0 amide bonds. The van der Waals surface area contributed by atoms with Crippen LogP contribution >= 0.6 is 11.8 Å². The van der Waals surface area contributed by atoms with E-state index in [1.54, 1.807) is 26.0 Å². The Morgan fingerprint density at radius 2 is 2.26 bits per heavy atom. The molecule has 6 nitrogen and oxygen atoms in total. The van der Waals surface area contributed by atoms with Gasteiger partial charge in [0, 0.05) is 22.3 Å². The molecule has 1 aromatic carbocycles. The predicted octanol–water partition coefficient (Wildman–Crippen LogP) is 2.95. The second-order valence-electron chi connectivity index (χ2n) is 3.85. The van der Waals surface area contributed by atoms with Gasteiger partial charge < -0.3 is 9.84 Å². The number of benzene rings is 1. The van der Waals surface area contributed by atoms with Gasteiger partial charge in [-0.3, -0.25) is 14.9 Å². The monoisotopic (exact) mass is 285 g/mol. The maximum atomic E-state index is 10.8. The Hall–Kier alpha value is -1.76. The maximum Gasteiger partial charge on any atom is 0.310 e. The van der Waals surface area contributed by atoms with Crippen LogP contribution in [0, 0.1) is 10.1 Å². The fraction of sp³-hybridized carbons (Fsp3) is 0.417. The molecule has 19 heavy (non-hydrogen) atoms. The number of aliphatic carboxylic acids is 1. The van der Waals surface area contributed by atoms with Crippen LogP contribution in [0.25, 0.3) is 0 Å². The molecule has 0 aliphatic carbocycles. The van der Waals surface area contributed by atoms with Crippen LogP contribution < -0.4 is 4.74 Å². The SMILES string of the molecule is CCOc1cc(SC(C)CC(=O)O)ccc1[N+](=O)[O-]. The van der Waals surface area contributed by atoms with Gasteiger partial charge in [0.25, 0.3) is 0 Å². The van der Waals surface area contributed by atoms with Crippen LogP contribution in [0.15, 0.2) is 23.1 Å². The molecule has 1 atom stereocenters. The number of carboxylic acid groups (broad SMARTS) is 1. The average molecular weight is 285 g/mol. The van der Waals surface area contributed by atoms with Crippen molar-refractivity contribution in [3.8, 4) is 5.75 Å². The Morgan fingerprint density at radius 1 is 1.58 bits per heavy atom. The molecule has 0 heterocycles. The molecule has 1 unspecified atom stereocenters. The molecule has 0 bridgehead atoms. The van der Waals surface area contributed by atoms with Crippen LogP contribution in [0.3, 0.4) is 0 Å². The van der Waals surface area contributed by atoms with Crippen molar-refractivity contribution in [2.24, 2.45) is 0 Å². The van der Waals surface area contributed by atoms with E-state index in [4.69, 9.17) is 9.84 Å². The standard InChI is InChI=1S/C12H15NO5S/c1-3-18-11-7-9(4-5-10(11)13(16)17)19-8(2)6-12(14)15/h4-5,7-8H,3,6H2,1-2H3,(H,14,15). The molecule has 1 aromatic rings. The topological polar surface area (TPSA) is 89.7 Å². The van der Waals surface area contributed by atoms with Crippen LogP contribution in [-0.4, -0.2) is 27.9 Å². The summed E-state index contributed by atoms with van der Waals surface area (Å²) >= 11 is 1.35. The minimum Gasteiger partial charge on any atom is -0.487 e. The molecular weight excluding hydrogens is 270 g/mol. The zero-order chi connectivity index (χ0) is 14.4. The number of hydrogen-bond acceptors (Lipinski definition) is 5. The van der Waals surface area contributed by atoms with Crippen molar-refractivity contribution < 1.29 is 19.6 Å². The van der Waals surface area contributed by atoms with Crippen LogP contribution in [-0.2, 0) is 4.79 Å². The predicted molar refractivity (Wildman–Crippen MR) is 71.8 cm³/mol. The highest BCUT2D eigenvalue weighted by atomic mass is 32.2. The van der Waals surface area contributed by atoms with E-state index in [2.05, 4.69) is 0 Å². The summed E-state index contributed by atoms with van der Waals surface area (Å²) in [5.41, 5.74) is -0.0860. The van der Waals surface area contributed by atoms with Crippen LogP contribution in [0.4, 0.5) is 5.69 Å². The van der Waals surface area contributed by atoms with Gasteiger partial charge in [-0.1, -0.05) is 6.92 Å². The highest BCUT2D eigenvalue weighted by Crippen LogP contribution is 2.34. The van der Waals surface area contributed by atoms with Gasteiger partial charge in [0.1, 0.15) is 0 Å². The number of hydrogen-bond donors (Lipinski definition) is 1. The number of nitrogens with zero attached hydrogens (tertiary/aromatic N) is 1. The first-order valence-corrected chi connectivity index (χ1v) is 6.61. The number of carboxylic acids is 1. The summed E-state index contributed by atoms with van der Waals surface area (Å²) < 4.78 is 5.23. The summed E-state index contributed by atoms with van der Waals surface area (Å²) in [7, 11) is 0. The number of carbonyl (C=O) groups is 1. The van der Waals surface area contributed by atoms with Crippen LogP contribution in [0.2, 0.25) is 0 Å². The molecule has 7 heteroatoms. The zero-order valence-electron chi connectivity index (χ0n) is 10.7. The van der Waals surface area contributed by atoms with E-state index in [1.807, 2.05) is 0 Å². The Kier molecular flexibility index (Phi) is 5.62. The number of rotatable bonds is 7. The van der Waals surface area contributed by atoms with Gasteiger partial charge >= 0.3 is 11.7 Å². The van der Waals surface area contributed by atoms with Crippen molar-refractivity contribution in [1.82, 2.24) is 0 Å². The summed E-state index contributed by atoms with van der Waals surface area (Å²) in [6.45, 7) is 3.87. The average Bonchev–Trinajstić information content (AvgIpc) is 2.27. The van der Waals surface area contributed by atoms with E-state index < -0.39 is 10.9 Å². The Labute approximate surface area is 114 Å². The van der Waals surface area contributed by atoms with Gasteiger partial charge in [-0.05, 0) is 13.0 Å². The lowest BCUT2D eigenvalue weighted by Crippen LogP contribution is -2.05. The number of nitro groups is 1. The van der Waals surface area contributed by atoms with Crippen molar-refractivity contribution in [3.63, 3.8) is 0 Å². The van der Waals surface area contributed by atoms with E-state index in [9.17, 15) is 14.9 Å². The maximum absolute atomic E-state index is 10.8. The Bertz CT molecular complexity index is 477. The fourth-order valence-electron chi connectivity index (χ4n) is 1.51. The van der Waals surface area contributed by atoms with Crippen molar-refractivity contribution in [2.75, 3.05) is 6.61 Å². The lowest BCUT2D eigenvalue weighted by Gasteiger charge is -2.10. The molecule has 0 aromatic heterocycles. The largest absolute Gasteiger partial charge is 0.487 e. The molecule has 0 saturated carbocycles. The number of thioether (sulfide) groups is 1. The van der Waals surface area contributed by atoms with E-state index in [0.717, 1.165) is 4.90 Å². The molecule has 0 aliphatic heterocycles. The third-order valence-electron chi connectivity index (χ3n) is 2.23. The van der Waals surface area contributed by atoms with Crippen LogP contribution in [0.1, 0.15) is 20.3 Å². The van der Waals surface area contributed by atoms with E-state index in [0.29, 0.717) is 6.61 Å². The minimum atomic E-state index is -0.869. The summed E-state index contributed by atoms with van der Waals surface area (Å²) in [6.07, 6.45) is 0.0334. The lowest BCUT2D eigenvalue weighted by molar-refractivity contribution is -0.385. The molecule has 0 aliphatic rings. The second-order valence-corrected chi connectivity index (χ2v) is 5.36. The van der Waals surface area contributed by atoms with E-state index in [1.165, 1.54) is 17.8 Å². The van der Waals surface area contributed by atoms with Gasteiger partial charge in [0.15, 0.2) is 5.75 Å². The van der Waals surface area contributed by atoms with E-state index >= 15 is 0 Å². The van der Waals surface area contributed by atoms with Gasteiger partial charge in [0.2, 0.25) is 0 Å². The fourth-order valence-corrected chi connectivity index (χ4v) is 2.52. The Morgan fingerprint density at radius 3 is 2.79 bits per heavy atom. The second kappa shape index (κ2) is 6.98. The highest BCUT2D eigenvalue weighted by Gasteiger charge is 2.17. The lowest BCUT2D eigenvalue weighted by atomic mass is 10.3. The highest BCUT2D eigenvalue weighted by molar-refractivity contribution is 8.00. The van der Waals surface area contributed by atoms with Crippen molar-refractivity contribution in [3.05, 3.63) is 28.3 Å². The van der Waals surface area contributed by atoms with Gasteiger partial charge in [-0.25, -0.2) is 0 Å². The quantitative estimate of drug-likeness (QED) is 0.470. The number of ether oxygens (including phenoxy) is 1. The van der Waals surface area contributed by atoms with Crippen molar-refractivity contribution >= 4 is 23.4 Å². The minimum absolute atomic E-state index is 0.0334. The van der Waals surface area contributed by atoms with Crippen molar-refractivity contribution in [1.29, 1.82) is 0 Å². The van der Waals surface area contributed by atoms with Gasteiger partial charge in [-0.2, -0.15) is 0 Å². The molecule has 0 saturated heterocycles. The molecule has 0 fully saturated rings. The van der Waals surface area contributed by atoms with Gasteiger partial charge in [0.05, 0.1) is 18.0 Å². The normalized spacial score (nSPS) is 11.9. The first-order valence-electron chi connectivity index (χ1n) is 5.73. The molecule has 0 spiro atoms. The smallest absolute Gasteiger partial charge is 0.310 e. The zero-order valence-corrected chi connectivity index (χ0v) is 11.5. The molecule has 1 rings (SSSR count). The summed E-state index contributed by atoms with van der Waals surface area (Å²) in [4.78, 5) is 21.7. The van der Waals surface area contributed by atoms with Crippen molar-refractivity contribution in [2.45, 2.75) is 30.4 Å². The summed E-state index contributed by atoms with van der Waals surface area (Å²) in [5, 5.41) is 19.4. The molecule has 104 valence electrons. The van der Waals surface area contributed by atoms with Crippen LogP contribution in [0.5, 0.6) is 5.75 Å². The third kappa shape index (κ3) is 4.78. The van der Waals surface area contributed by atoms with Gasteiger partial charge in [-0.15, -0.1) is 11.8 Å². The van der Waals surface area contributed by atoms with E-state index in [-0.39, 0.29) is 23.1 Å². The molecular formula is C12H15NO5S. The molecule has 1 N–H and O–H groups in total. The number of nitro benzene ring substituents is 1.